The summed E-state index contributed by atoms with van der Waals surface area (Å²) >= 11 is 0. The van der Waals surface area contributed by atoms with Crippen molar-refractivity contribution in [3.63, 3.8) is 0 Å². The maximum absolute atomic E-state index is 12.7. The molecule has 3 nitrogen and oxygen atoms in total. The predicted octanol–water partition coefficient (Wildman–Crippen LogP) is 3.56. The van der Waals surface area contributed by atoms with E-state index in [1.54, 1.807) is 26.0 Å². The zero-order chi connectivity index (χ0) is 16.6. The minimum absolute atomic E-state index is 0.0481. The third-order valence-electron chi connectivity index (χ3n) is 4.85. The SMILES string of the molecule is CCC(O)(CC)C(=O)c1ccc2c(c1)C(=O)c1ccccc1C2. The number of benzene rings is 2. The zero-order valence-electron chi connectivity index (χ0n) is 13.4. The van der Waals surface area contributed by atoms with E-state index in [0.29, 0.717) is 36.0 Å². The molecule has 0 saturated heterocycles. The summed E-state index contributed by atoms with van der Waals surface area (Å²) < 4.78 is 0. The Labute approximate surface area is 136 Å². The molecule has 118 valence electrons. The number of rotatable bonds is 4. The molecule has 0 unspecified atom stereocenters. The minimum Gasteiger partial charge on any atom is -0.382 e. The molecule has 3 rings (SSSR count). The molecular weight excluding hydrogens is 288 g/mol. The minimum atomic E-state index is -1.36. The van der Waals surface area contributed by atoms with E-state index in [1.165, 1.54) is 0 Å². The van der Waals surface area contributed by atoms with Crippen molar-refractivity contribution in [1.82, 2.24) is 0 Å². The van der Waals surface area contributed by atoms with E-state index < -0.39 is 5.60 Å². The lowest BCUT2D eigenvalue weighted by Crippen LogP contribution is -2.37. The highest BCUT2D eigenvalue weighted by Crippen LogP contribution is 2.29. The molecule has 0 atom stereocenters. The summed E-state index contributed by atoms with van der Waals surface area (Å²) in [6, 6.07) is 12.8. The lowest BCUT2D eigenvalue weighted by molar-refractivity contribution is 0.0277. The molecule has 0 radical (unpaired) electrons. The maximum atomic E-state index is 12.7. The first-order chi connectivity index (χ1) is 11.0. The molecule has 0 bridgehead atoms. The highest BCUT2D eigenvalue weighted by Gasteiger charge is 2.33. The van der Waals surface area contributed by atoms with Gasteiger partial charge in [0.05, 0.1) is 0 Å². The number of carbonyl (C=O) groups is 2. The normalized spacial score (nSPS) is 13.4. The molecule has 0 spiro atoms. The van der Waals surface area contributed by atoms with Crippen LogP contribution in [0.1, 0.15) is 64.1 Å². The Kier molecular flexibility index (Phi) is 3.90. The van der Waals surface area contributed by atoms with Crippen LogP contribution in [-0.2, 0) is 6.42 Å². The highest BCUT2D eigenvalue weighted by atomic mass is 16.3. The molecule has 23 heavy (non-hydrogen) atoms. The molecule has 2 aromatic rings. The summed E-state index contributed by atoms with van der Waals surface area (Å²) in [4.78, 5) is 25.3. The van der Waals surface area contributed by atoms with Gasteiger partial charge in [-0.2, -0.15) is 0 Å². The zero-order valence-corrected chi connectivity index (χ0v) is 13.4. The molecule has 0 fully saturated rings. The highest BCUT2D eigenvalue weighted by molar-refractivity contribution is 6.14. The van der Waals surface area contributed by atoms with Crippen molar-refractivity contribution in [3.8, 4) is 0 Å². The van der Waals surface area contributed by atoms with Gasteiger partial charge in [-0.15, -0.1) is 0 Å². The maximum Gasteiger partial charge on any atom is 0.194 e. The first-order valence-corrected chi connectivity index (χ1v) is 8.03. The van der Waals surface area contributed by atoms with Gasteiger partial charge >= 0.3 is 0 Å². The molecule has 1 N–H and O–H groups in total. The summed E-state index contributed by atoms with van der Waals surface area (Å²) in [6.07, 6.45) is 1.41. The van der Waals surface area contributed by atoms with Crippen molar-refractivity contribution in [3.05, 3.63) is 70.3 Å². The molecule has 1 aliphatic rings. The van der Waals surface area contributed by atoms with E-state index in [2.05, 4.69) is 0 Å². The average molecular weight is 308 g/mol. The fourth-order valence-corrected chi connectivity index (χ4v) is 3.17. The van der Waals surface area contributed by atoms with Gasteiger partial charge in [-0.05, 0) is 36.5 Å². The smallest absolute Gasteiger partial charge is 0.194 e. The second-order valence-corrected chi connectivity index (χ2v) is 6.10. The summed E-state index contributed by atoms with van der Waals surface area (Å²) in [5, 5.41) is 10.4. The molecule has 0 aromatic heterocycles. The Morgan fingerprint density at radius 3 is 2.39 bits per heavy atom. The standard InChI is InChI=1S/C20H20O3/c1-3-20(23,4-2)19(22)15-10-9-14-11-13-7-5-6-8-16(13)18(21)17(14)12-15/h5-10,12,23H,3-4,11H2,1-2H3. The van der Waals surface area contributed by atoms with Gasteiger partial charge in [-0.25, -0.2) is 0 Å². The van der Waals surface area contributed by atoms with Crippen LogP contribution in [0.5, 0.6) is 0 Å². The summed E-state index contributed by atoms with van der Waals surface area (Å²) in [5.41, 5.74) is 2.27. The number of hydrogen-bond donors (Lipinski definition) is 1. The van der Waals surface area contributed by atoms with Gasteiger partial charge in [0.2, 0.25) is 0 Å². The average Bonchev–Trinajstić information content (AvgIpc) is 2.60. The lowest BCUT2D eigenvalue weighted by atomic mass is 9.82. The molecular formula is C20H20O3. The van der Waals surface area contributed by atoms with E-state index >= 15 is 0 Å². The Morgan fingerprint density at radius 1 is 1.04 bits per heavy atom. The van der Waals surface area contributed by atoms with Gasteiger partial charge in [-0.3, -0.25) is 9.59 Å². The third-order valence-corrected chi connectivity index (χ3v) is 4.85. The number of Topliss-reactive ketones (excluding diaryl/α,β-unsaturated/α-hetero) is 1. The molecule has 0 saturated carbocycles. The molecule has 3 heteroatoms. The van der Waals surface area contributed by atoms with Crippen LogP contribution in [0.25, 0.3) is 0 Å². The van der Waals surface area contributed by atoms with Gasteiger partial charge in [0.25, 0.3) is 0 Å². The van der Waals surface area contributed by atoms with Crippen molar-refractivity contribution in [2.45, 2.75) is 38.7 Å². The van der Waals surface area contributed by atoms with Gasteiger partial charge in [0.1, 0.15) is 5.60 Å². The van der Waals surface area contributed by atoms with Crippen molar-refractivity contribution in [2.24, 2.45) is 0 Å². The van der Waals surface area contributed by atoms with Gasteiger partial charge in [-0.1, -0.05) is 50.2 Å². The first-order valence-electron chi connectivity index (χ1n) is 8.03. The molecule has 1 aliphatic carbocycles. The number of carbonyl (C=O) groups excluding carboxylic acids is 2. The van der Waals surface area contributed by atoms with Crippen LogP contribution in [0.2, 0.25) is 0 Å². The van der Waals surface area contributed by atoms with E-state index in [9.17, 15) is 14.7 Å². The second-order valence-electron chi connectivity index (χ2n) is 6.10. The van der Waals surface area contributed by atoms with Gasteiger partial charge in [0, 0.05) is 16.7 Å². The first kappa shape index (κ1) is 15.6. The topological polar surface area (TPSA) is 54.4 Å². The number of aliphatic hydroxyl groups is 1. The van der Waals surface area contributed by atoms with Crippen LogP contribution in [-0.4, -0.2) is 22.3 Å². The van der Waals surface area contributed by atoms with E-state index in [1.807, 2.05) is 30.3 Å². The molecule has 0 heterocycles. The van der Waals surface area contributed by atoms with Crippen LogP contribution in [0, 0.1) is 0 Å². The molecule has 2 aromatic carbocycles. The van der Waals surface area contributed by atoms with Crippen LogP contribution in [0.15, 0.2) is 42.5 Å². The molecule has 0 aliphatic heterocycles. The fraction of sp³-hybridized carbons (Fsp3) is 0.300. The van der Waals surface area contributed by atoms with Crippen molar-refractivity contribution >= 4 is 11.6 Å². The summed E-state index contributed by atoms with van der Waals surface area (Å²) in [7, 11) is 0. The van der Waals surface area contributed by atoms with E-state index in [0.717, 1.165) is 11.1 Å². The number of ketones is 2. The van der Waals surface area contributed by atoms with E-state index in [-0.39, 0.29) is 11.6 Å². The largest absolute Gasteiger partial charge is 0.382 e. The summed E-state index contributed by atoms with van der Waals surface area (Å²) in [5.74, 6) is -0.356. The van der Waals surface area contributed by atoms with Crippen LogP contribution in [0.4, 0.5) is 0 Å². The third kappa shape index (κ3) is 2.51. The van der Waals surface area contributed by atoms with Crippen LogP contribution >= 0.6 is 0 Å². The van der Waals surface area contributed by atoms with Crippen LogP contribution < -0.4 is 0 Å². The fourth-order valence-electron chi connectivity index (χ4n) is 3.17. The number of hydrogen-bond acceptors (Lipinski definition) is 3. The number of fused-ring (bicyclic) bond motifs is 2. The van der Waals surface area contributed by atoms with Crippen molar-refractivity contribution in [2.75, 3.05) is 0 Å². The Balaban J connectivity index is 2.04. The predicted molar refractivity (Wildman–Crippen MR) is 89.0 cm³/mol. The summed E-state index contributed by atoms with van der Waals surface area (Å²) in [6.45, 7) is 3.59. The second kappa shape index (κ2) is 5.74. The molecule has 0 amide bonds. The Morgan fingerprint density at radius 2 is 1.70 bits per heavy atom. The lowest BCUT2D eigenvalue weighted by Gasteiger charge is -2.25. The Hall–Kier alpha value is -2.26. The quantitative estimate of drug-likeness (QED) is 0.750. The Bertz CT molecular complexity index is 785. The van der Waals surface area contributed by atoms with Crippen LogP contribution in [0.3, 0.4) is 0 Å². The van der Waals surface area contributed by atoms with Crippen molar-refractivity contribution < 1.29 is 14.7 Å². The van der Waals surface area contributed by atoms with Gasteiger partial charge in [0.15, 0.2) is 11.6 Å². The van der Waals surface area contributed by atoms with Gasteiger partial charge < -0.3 is 5.11 Å². The monoisotopic (exact) mass is 308 g/mol. The van der Waals surface area contributed by atoms with Crippen molar-refractivity contribution in [1.29, 1.82) is 0 Å². The van der Waals surface area contributed by atoms with E-state index in [4.69, 9.17) is 0 Å².